The van der Waals surface area contributed by atoms with Gasteiger partial charge in [0.25, 0.3) is 0 Å². The number of hydrogen-bond acceptors (Lipinski definition) is 4. The maximum atomic E-state index is 14.7. The Hall–Kier alpha value is -4.79. The van der Waals surface area contributed by atoms with Gasteiger partial charge in [-0.15, -0.1) is 0 Å². The predicted molar refractivity (Wildman–Crippen MR) is 142 cm³/mol. The molecule has 0 spiro atoms. The third kappa shape index (κ3) is 6.20. The van der Waals surface area contributed by atoms with Crippen LogP contribution in [0.15, 0.2) is 102 Å². The molecular formula is C30H24F3N3O3. The first-order valence-electron chi connectivity index (χ1n) is 12.2. The van der Waals surface area contributed by atoms with Crippen molar-refractivity contribution < 1.29 is 27.4 Å². The van der Waals surface area contributed by atoms with Gasteiger partial charge in [-0.3, -0.25) is 0 Å². The van der Waals surface area contributed by atoms with Crippen molar-refractivity contribution in [2.24, 2.45) is 5.10 Å². The summed E-state index contributed by atoms with van der Waals surface area (Å²) in [6.07, 6.45) is 0. The molecule has 0 bridgehead atoms. The van der Waals surface area contributed by atoms with Gasteiger partial charge in [0.15, 0.2) is 0 Å². The van der Waals surface area contributed by atoms with Gasteiger partial charge in [-0.25, -0.2) is 14.2 Å². The molecule has 0 fully saturated rings. The SMILES string of the molecule is Cc1ccc(C2=NN(C(=O)Nc3ccc(Oc4ccc(OC(F)F)cc4)cc3)CC2c2ccccc2F)cc1. The number of anilines is 1. The maximum absolute atomic E-state index is 14.7. The number of hydrazone groups is 1. The lowest BCUT2D eigenvalue weighted by Gasteiger charge is -2.16. The van der Waals surface area contributed by atoms with E-state index in [1.807, 2.05) is 31.2 Å². The van der Waals surface area contributed by atoms with Crippen LogP contribution in [-0.4, -0.2) is 29.9 Å². The molecule has 1 atom stereocenters. The highest BCUT2D eigenvalue weighted by Gasteiger charge is 2.33. The van der Waals surface area contributed by atoms with Gasteiger partial charge >= 0.3 is 12.6 Å². The predicted octanol–water partition coefficient (Wildman–Crippen LogP) is 7.56. The van der Waals surface area contributed by atoms with Crippen LogP contribution in [0.4, 0.5) is 23.7 Å². The van der Waals surface area contributed by atoms with E-state index in [1.54, 1.807) is 42.5 Å². The summed E-state index contributed by atoms with van der Waals surface area (Å²) in [5, 5.41) is 8.69. The second-order valence-corrected chi connectivity index (χ2v) is 8.91. The molecule has 1 aliphatic rings. The van der Waals surface area contributed by atoms with E-state index < -0.39 is 18.6 Å². The minimum absolute atomic E-state index is 0.0303. The minimum atomic E-state index is -2.90. The van der Waals surface area contributed by atoms with Gasteiger partial charge < -0.3 is 14.8 Å². The number of amides is 2. The molecule has 5 rings (SSSR count). The third-order valence-electron chi connectivity index (χ3n) is 6.17. The third-order valence-corrected chi connectivity index (χ3v) is 6.17. The molecule has 1 aliphatic heterocycles. The Kier molecular flexibility index (Phi) is 7.49. The number of nitrogens with zero attached hydrogens (tertiary/aromatic N) is 2. The van der Waals surface area contributed by atoms with E-state index in [-0.39, 0.29) is 18.1 Å². The highest BCUT2D eigenvalue weighted by atomic mass is 19.3. The quantitative estimate of drug-likeness (QED) is 0.268. The van der Waals surface area contributed by atoms with Crippen molar-refractivity contribution in [2.45, 2.75) is 19.5 Å². The van der Waals surface area contributed by atoms with Crippen LogP contribution in [0.3, 0.4) is 0 Å². The van der Waals surface area contributed by atoms with Crippen LogP contribution in [0.5, 0.6) is 17.2 Å². The molecule has 6 nitrogen and oxygen atoms in total. The first kappa shape index (κ1) is 25.8. The summed E-state index contributed by atoms with van der Waals surface area (Å²) in [5.41, 5.74) is 3.50. The summed E-state index contributed by atoms with van der Waals surface area (Å²) < 4.78 is 49.4. The van der Waals surface area contributed by atoms with E-state index in [9.17, 15) is 18.0 Å². The molecule has 2 amide bonds. The van der Waals surface area contributed by atoms with Crippen LogP contribution in [0.2, 0.25) is 0 Å². The first-order valence-corrected chi connectivity index (χ1v) is 12.2. The van der Waals surface area contributed by atoms with Crippen LogP contribution in [0, 0.1) is 12.7 Å². The van der Waals surface area contributed by atoms with Crippen LogP contribution in [0.25, 0.3) is 0 Å². The lowest BCUT2D eigenvalue weighted by atomic mass is 9.90. The number of ether oxygens (including phenoxy) is 2. The van der Waals surface area contributed by atoms with Crippen LogP contribution in [0.1, 0.15) is 22.6 Å². The molecule has 198 valence electrons. The number of nitrogens with one attached hydrogen (secondary N) is 1. The Bertz CT molecular complexity index is 1470. The molecule has 4 aromatic rings. The Morgan fingerprint density at radius 2 is 1.51 bits per heavy atom. The van der Waals surface area contributed by atoms with Gasteiger partial charge in [0.1, 0.15) is 23.1 Å². The van der Waals surface area contributed by atoms with Crippen LogP contribution < -0.4 is 14.8 Å². The highest BCUT2D eigenvalue weighted by Crippen LogP contribution is 2.31. The van der Waals surface area contributed by atoms with Crippen molar-refractivity contribution in [1.29, 1.82) is 0 Å². The van der Waals surface area contributed by atoms with Crippen molar-refractivity contribution >= 4 is 17.4 Å². The Labute approximate surface area is 223 Å². The fraction of sp³-hybridized carbons (Fsp3) is 0.133. The number of carbonyl (C=O) groups excluding carboxylic acids is 1. The monoisotopic (exact) mass is 531 g/mol. The second kappa shape index (κ2) is 11.3. The van der Waals surface area contributed by atoms with E-state index in [0.29, 0.717) is 28.5 Å². The van der Waals surface area contributed by atoms with E-state index in [2.05, 4.69) is 15.2 Å². The van der Waals surface area contributed by atoms with Crippen molar-refractivity contribution in [3.05, 3.63) is 120 Å². The smallest absolute Gasteiger partial charge is 0.387 e. The van der Waals surface area contributed by atoms with Crippen LogP contribution in [-0.2, 0) is 0 Å². The second-order valence-electron chi connectivity index (χ2n) is 8.91. The fourth-order valence-corrected chi connectivity index (χ4v) is 4.23. The number of aryl methyl sites for hydroxylation is 1. The first-order chi connectivity index (χ1) is 18.9. The van der Waals surface area contributed by atoms with E-state index in [0.717, 1.165) is 11.1 Å². The summed E-state index contributed by atoms with van der Waals surface area (Å²) >= 11 is 0. The Morgan fingerprint density at radius 3 is 2.15 bits per heavy atom. The maximum Gasteiger partial charge on any atom is 0.387 e. The van der Waals surface area contributed by atoms with Gasteiger partial charge in [-0.2, -0.15) is 13.9 Å². The summed E-state index contributed by atoms with van der Waals surface area (Å²) in [4.78, 5) is 13.1. The van der Waals surface area contributed by atoms with Crippen molar-refractivity contribution in [2.75, 3.05) is 11.9 Å². The number of hydrogen-bond donors (Lipinski definition) is 1. The molecule has 4 aromatic carbocycles. The van der Waals surface area contributed by atoms with Crippen molar-refractivity contribution in [1.82, 2.24) is 5.01 Å². The lowest BCUT2D eigenvalue weighted by Crippen LogP contribution is -2.30. The molecular weight excluding hydrogens is 507 g/mol. The number of rotatable bonds is 7. The molecule has 0 saturated heterocycles. The summed E-state index contributed by atoms with van der Waals surface area (Å²) in [5.74, 6) is 0.172. The number of urea groups is 1. The molecule has 39 heavy (non-hydrogen) atoms. The molecule has 1 heterocycles. The van der Waals surface area contributed by atoms with Crippen LogP contribution >= 0.6 is 0 Å². The average molecular weight is 532 g/mol. The Balaban J connectivity index is 1.28. The standard InChI is InChI=1S/C30H24F3N3O3/c1-19-6-8-20(9-7-19)28-26(25-4-2-3-5-27(25)31)18-36(35-28)30(37)34-21-10-12-22(13-11-21)38-23-14-16-24(17-15-23)39-29(32)33/h2-17,26,29H,18H2,1H3,(H,34,37). The zero-order chi connectivity index (χ0) is 27.4. The molecule has 0 aliphatic carbocycles. The van der Waals surface area contributed by atoms with E-state index >= 15 is 0 Å². The zero-order valence-electron chi connectivity index (χ0n) is 20.9. The molecule has 1 unspecified atom stereocenters. The van der Waals surface area contributed by atoms with Gasteiger partial charge in [-0.05, 0) is 72.6 Å². The summed E-state index contributed by atoms with van der Waals surface area (Å²) in [7, 11) is 0. The van der Waals surface area contributed by atoms with E-state index in [1.165, 1.54) is 35.3 Å². The number of halogens is 3. The minimum Gasteiger partial charge on any atom is -0.457 e. The average Bonchev–Trinajstić information content (AvgIpc) is 3.37. The Morgan fingerprint density at radius 1 is 0.897 bits per heavy atom. The summed E-state index contributed by atoms with van der Waals surface area (Å²) in [6.45, 7) is -0.736. The molecule has 9 heteroatoms. The highest BCUT2D eigenvalue weighted by molar-refractivity contribution is 6.07. The number of alkyl halides is 2. The van der Waals surface area contributed by atoms with Gasteiger partial charge in [0.2, 0.25) is 0 Å². The van der Waals surface area contributed by atoms with E-state index in [4.69, 9.17) is 4.74 Å². The summed E-state index contributed by atoms with van der Waals surface area (Å²) in [6, 6.07) is 26.2. The van der Waals surface area contributed by atoms with Gasteiger partial charge in [-0.1, -0.05) is 48.0 Å². The van der Waals surface area contributed by atoms with Gasteiger partial charge in [0, 0.05) is 5.69 Å². The molecule has 0 aromatic heterocycles. The topological polar surface area (TPSA) is 63.2 Å². The number of benzene rings is 4. The molecule has 0 radical (unpaired) electrons. The molecule has 0 saturated carbocycles. The van der Waals surface area contributed by atoms with Crippen molar-refractivity contribution in [3.63, 3.8) is 0 Å². The normalized spacial score (nSPS) is 14.7. The van der Waals surface area contributed by atoms with Gasteiger partial charge in [0.05, 0.1) is 18.2 Å². The number of carbonyl (C=O) groups is 1. The zero-order valence-corrected chi connectivity index (χ0v) is 20.9. The largest absolute Gasteiger partial charge is 0.457 e. The fourth-order valence-electron chi connectivity index (χ4n) is 4.23. The van der Waals surface area contributed by atoms with Crippen molar-refractivity contribution in [3.8, 4) is 17.2 Å². The molecule has 1 N–H and O–H groups in total. The lowest BCUT2D eigenvalue weighted by molar-refractivity contribution is -0.0498.